The Balaban J connectivity index is 1.21. The van der Waals surface area contributed by atoms with Gasteiger partial charge >= 0.3 is 0 Å². The average molecular weight is 655 g/mol. The highest BCUT2D eigenvalue weighted by Gasteiger charge is 2.59. The van der Waals surface area contributed by atoms with Crippen LogP contribution in [-0.2, 0) is 0 Å². The van der Waals surface area contributed by atoms with Crippen LogP contribution in [0.5, 0.6) is 0 Å². The maximum atomic E-state index is 5.53. The zero-order valence-corrected chi connectivity index (χ0v) is 28.2. The van der Waals surface area contributed by atoms with Crippen LogP contribution >= 0.6 is 0 Å². The van der Waals surface area contributed by atoms with Crippen molar-refractivity contribution in [3.05, 3.63) is 180 Å². The number of para-hydroxylation sites is 3. The van der Waals surface area contributed by atoms with E-state index in [0.29, 0.717) is 17.9 Å². The fraction of sp³-hybridized carbons (Fsp3) is 0.128. The molecule has 1 fully saturated rings. The van der Waals surface area contributed by atoms with E-state index in [0.717, 1.165) is 0 Å². The molecule has 4 aliphatic rings. The van der Waals surface area contributed by atoms with Crippen LogP contribution in [0.4, 0.5) is 0 Å². The van der Waals surface area contributed by atoms with Crippen LogP contribution in [0.2, 0.25) is 0 Å². The second-order valence-electron chi connectivity index (χ2n) is 14.7. The van der Waals surface area contributed by atoms with Crippen LogP contribution in [0, 0.1) is 5.92 Å². The molecule has 0 radical (unpaired) electrons. The fourth-order valence-electron chi connectivity index (χ4n) is 9.92. The van der Waals surface area contributed by atoms with E-state index in [-0.39, 0.29) is 12.2 Å². The van der Waals surface area contributed by atoms with E-state index in [4.69, 9.17) is 4.99 Å². The first kappa shape index (κ1) is 27.8. The van der Waals surface area contributed by atoms with E-state index in [2.05, 4.69) is 179 Å². The number of allylic oxidation sites excluding steroid dienone is 4. The van der Waals surface area contributed by atoms with Crippen molar-refractivity contribution in [3.63, 3.8) is 0 Å². The largest absolute Gasteiger partial charge is 0.311 e. The maximum absolute atomic E-state index is 5.53. The van der Waals surface area contributed by atoms with Gasteiger partial charge in [-0.15, -0.1) is 0 Å². The van der Waals surface area contributed by atoms with Gasteiger partial charge in [0.25, 0.3) is 0 Å². The molecule has 6 unspecified atom stereocenters. The molecule has 0 spiro atoms. The molecule has 5 heterocycles. The summed E-state index contributed by atoms with van der Waals surface area (Å²) >= 11 is 0. The Morgan fingerprint density at radius 2 is 1.27 bits per heavy atom. The number of aliphatic imine (C=N–C) groups is 1. The quantitative estimate of drug-likeness (QED) is 0.174. The number of rotatable bonds is 3. The molecular weight excluding hydrogens is 621 g/mol. The van der Waals surface area contributed by atoms with Crippen molar-refractivity contribution in [1.82, 2.24) is 13.9 Å². The van der Waals surface area contributed by atoms with Crippen LogP contribution in [0.15, 0.2) is 163 Å². The highest BCUT2D eigenvalue weighted by molar-refractivity contribution is 6.21. The Morgan fingerprint density at radius 3 is 2.12 bits per heavy atom. The predicted octanol–water partition coefficient (Wildman–Crippen LogP) is 11.0. The van der Waals surface area contributed by atoms with Gasteiger partial charge in [0.1, 0.15) is 6.17 Å². The molecule has 6 atom stereocenters. The zero-order valence-electron chi connectivity index (χ0n) is 28.2. The summed E-state index contributed by atoms with van der Waals surface area (Å²) in [7, 11) is 0. The number of aromatic nitrogens is 2. The first-order valence-corrected chi connectivity index (χ1v) is 18.2. The van der Waals surface area contributed by atoms with Crippen molar-refractivity contribution in [2.75, 3.05) is 0 Å². The van der Waals surface area contributed by atoms with Crippen molar-refractivity contribution in [2.45, 2.75) is 31.1 Å². The lowest BCUT2D eigenvalue weighted by molar-refractivity contribution is 0.404. The van der Waals surface area contributed by atoms with Crippen molar-refractivity contribution < 1.29 is 0 Å². The molecule has 0 N–H and O–H groups in total. The van der Waals surface area contributed by atoms with E-state index in [1.807, 2.05) is 0 Å². The van der Waals surface area contributed by atoms with Crippen LogP contribution in [0.3, 0.4) is 0 Å². The fourth-order valence-corrected chi connectivity index (χ4v) is 9.92. The van der Waals surface area contributed by atoms with E-state index in [9.17, 15) is 0 Å². The van der Waals surface area contributed by atoms with Crippen LogP contribution < -0.4 is 0 Å². The molecule has 0 saturated carbocycles. The lowest BCUT2D eigenvalue weighted by Gasteiger charge is -2.23. The summed E-state index contributed by atoms with van der Waals surface area (Å²) in [5, 5.41) is 5.14. The Morgan fingerprint density at radius 1 is 0.569 bits per heavy atom. The van der Waals surface area contributed by atoms with Gasteiger partial charge in [0.05, 0.1) is 45.4 Å². The van der Waals surface area contributed by atoms with E-state index in [1.165, 1.54) is 82.8 Å². The van der Waals surface area contributed by atoms with Gasteiger partial charge < -0.3 is 8.97 Å². The number of hydrogen-bond acceptors (Lipinski definition) is 2. The molecule has 0 bridgehead atoms. The average Bonchev–Trinajstić information content (AvgIpc) is 3.44. The number of hydrogen-bond donors (Lipinski definition) is 0. The third-order valence-corrected chi connectivity index (χ3v) is 12.1. The summed E-state index contributed by atoms with van der Waals surface area (Å²) in [6, 6.07) is 52.3. The third kappa shape index (κ3) is 3.65. The summed E-state index contributed by atoms with van der Waals surface area (Å²) < 4.78 is 5.14. The topological polar surface area (TPSA) is 24.7 Å². The molecule has 1 saturated heterocycles. The minimum absolute atomic E-state index is 0.0789. The number of benzene rings is 6. The van der Waals surface area contributed by atoms with Gasteiger partial charge in [-0.05, 0) is 52.4 Å². The van der Waals surface area contributed by atoms with Gasteiger partial charge in [-0.2, -0.15) is 0 Å². The highest BCUT2D eigenvalue weighted by atomic mass is 15.5. The van der Waals surface area contributed by atoms with Crippen LogP contribution in [0.25, 0.3) is 54.8 Å². The van der Waals surface area contributed by atoms with Gasteiger partial charge in [0, 0.05) is 33.2 Å². The van der Waals surface area contributed by atoms with Crippen molar-refractivity contribution >= 4 is 60.5 Å². The molecule has 4 heteroatoms. The van der Waals surface area contributed by atoms with E-state index < -0.39 is 0 Å². The molecular formula is C47H34N4. The standard InChI is InChI=1S/C47H34N4/c1-28-13-10-24-39-41(28)36-22-12-21-35-34-20-11-19-33-32-18-8-9-23-37(32)49(44(33)34)40-27-31(25-26-38(40)50(39)45(35)36)47-48-42(29-14-4-2-5-15-29)46-43(51(46)47)30-16-6-3-7-17-30/h2-28,41,43,46-47H,1H3. The van der Waals surface area contributed by atoms with Gasteiger partial charge in [0.15, 0.2) is 0 Å². The minimum atomic E-state index is -0.0789. The molecule has 3 aliphatic heterocycles. The summed E-state index contributed by atoms with van der Waals surface area (Å²) in [6.07, 6.45) is 6.89. The second-order valence-corrected chi connectivity index (χ2v) is 14.7. The van der Waals surface area contributed by atoms with Gasteiger partial charge in [-0.3, -0.25) is 9.89 Å². The highest BCUT2D eigenvalue weighted by Crippen LogP contribution is 2.56. The first-order chi connectivity index (χ1) is 25.3. The van der Waals surface area contributed by atoms with E-state index >= 15 is 0 Å². The maximum Gasteiger partial charge on any atom is 0.129 e. The van der Waals surface area contributed by atoms with Crippen molar-refractivity contribution in [2.24, 2.45) is 10.9 Å². The van der Waals surface area contributed by atoms with Gasteiger partial charge in [0.2, 0.25) is 0 Å². The summed E-state index contributed by atoms with van der Waals surface area (Å²) in [5.74, 6) is 0.713. The summed E-state index contributed by atoms with van der Waals surface area (Å²) in [4.78, 5) is 8.14. The Bertz CT molecular complexity index is 2910. The van der Waals surface area contributed by atoms with Crippen LogP contribution in [-0.4, -0.2) is 25.6 Å². The van der Waals surface area contributed by atoms with Gasteiger partial charge in [-0.1, -0.05) is 140 Å². The predicted molar refractivity (Wildman–Crippen MR) is 210 cm³/mol. The molecule has 8 aromatic rings. The summed E-state index contributed by atoms with van der Waals surface area (Å²) in [5.41, 5.74) is 14.0. The smallest absolute Gasteiger partial charge is 0.129 e. The number of nitrogens with zero attached hydrogens (tertiary/aromatic N) is 4. The second kappa shape index (κ2) is 10.1. The monoisotopic (exact) mass is 654 g/mol. The van der Waals surface area contributed by atoms with Gasteiger partial charge in [-0.25, -0.2) is 0 Å². The Hall–Kier alpha value is -5.97. The molecule has 6 aromatic carbocycles. The van der Waals surface area contributed by atoms with Crippen LogP contribution in [0.1, 0.15) is 47.3 Å². The molecule has 2 aromatic heterocycles. The Kier molecular flexibility index (Phi) is 5.48. The SMILES string of the molecule is CC1C=CC=C2C1c1cccc3c4cccc5c6ccccc6n(c6cc(C7N=C(c8ccccc8)C8C(c9ccccc9)N78)ccc6n2c13)c45. The van der Waals surface area contributed by atoms with Crippen molar-refractivity contribution in [1.29, 1.82) is 0 Å². The lowest BCUT2D eigenvalue weighted by Crippen LogP contribution is -2.11. The molecule has 0 amide bonds. The third-order valence-electron chi connectivity index (χ3n) is 12.1. The molecule has 51 heavy (non-hydrogen) atoms. The lowest BCUT2D eigenvalue weighted by atomic mass is 9.83. The summed E-state index contributed by atoms with van der Waals surface area (Å²) in [6.45, 7) is 2.36. The number of fused-ring (bicyclic) bond motifs is 11. The zero-order chi connectivity index (χ0) is 33.4. The Labute approximate surface area is 295 Å². The van der Waals surface area contributed by atoms with E-state index in [1.54, 1.807) is 0 Å². The normalized spacial score (nSPS) is 24.3. The molecule has 1 aliphatic carbocycles. The molecule has 12 rings (SSSR count). The minimum Gasteiger partial charge on any atom is -0.311 e. The molecule has 242 valence electrons. The first-order valence-electron chi connectivity index (χ1n) is 18.2. The molecule has 4 nitrogen and oxygen atoms in total. The van der Waals surface area contributed by atoms with Crippen molar-refractivity contribution in [3.8, 4) is 0 Å².